The Bertz CT molecular complexity index is 879. The van der Waals surface area contributed by atoms with E-state index in [1.807, 2.05) is 18.5 Å². The summed E-state index contributed by atoms with van der Waals surface area (Å²) < 4.78 is 2.09. The van der Waals surface area contributed by atoms with E-state index in [4.69, 9.17) is 0 Å². The average molecular weight is 303 g/mol. The molecule has 0 saturated heterocycles. The Morgan fingerprint density at radius 1 is 1.09 bits per heavy atom. The Morgan fingerprint density at radius 2 is 2.04 bits per heavy atom. The molecule has 5 nitrogen and oxygen atoms in total. The van der Waals surface area contributed by atoms with Gasteiger partial charge in [0.2, 0.25) is 0 Å². The van der Waals surface area contributed by atoms with E-state index >= 15 is 0 Å². The van der Waals surface area contributed by atoms with Crippen molar-refractivity contribution in [3.05, 3.63) is 54.5 Å². The Balaban J connectivity index is 1.50. The molecular formula is C18H17N5. The van der Waals surface area contributed by atoms with Crippen molar-refractivity contribution >= 4 is 17.2 Å². The molecule has 0 unspecified atom stereocenters. The lowest BCUT2D eigenvalue weighted by Crippen LogP contribution is -1.98. The van der Waals surface area contributed by atoms with Gasteiger partial charge in [0, 0.05) is 30.1 Å². The predicted molar refractivity (Wildman–Crippen MR) is 90.8 cm³/mol. The molecule has 2 aliphatic rings. The van der Waals surface area contributed by atoms with E-state index < -0.39 is 0 Å². The second-order valence-corrected chi connectivity index (χ2v) is 6.19. The smallest absolute Gasteiger partial charge is 0.135 e. The van der Waals surface area contributed by atoms with Crippen molar-refractivity contribution in [2.45, 2.75) is 25.4 Å². The number of rotatable bonds is 2. The van der Waals surface area contributed by atoms with Gasteiger partial charge in [0.05, 0.1) is 23.6 Å². The molecule has 0 spiro atoms. The van der Waals surface area contributed by atoms with Crippen molar-refractivity contribution in [2.24, 2.45) is 0 Å². The van der Waals surface area contributed by atoms with Crippen molar-refractivity contribution in [3.63, 3.8) is 0 Å². The summed E-state index contributed by atoms with van der Waals surface area (Å²) in [6, 6.07) is 11.1. The number of hydrogen-bond acceptors (Lipinski definition) is 4. The lowest BCUT2D eigenvalue weighted by atomic mass is 10.1. The molecule has 5 heteroatoms. The van der Waals surface area contributed by atoms with Crippen LogP contribution in [0.3, 0.4) is 0 Å². The predicted octanol–water partition coefficient (Wildman–Crippen LogP) is 3.95. The maximum atomic E-state index is 4.49. The largest absolute Gasteiger partial charge is 0.379 e. The zero-order valence-electron chi connectivity index (χ0n) is 12.7. The molecule has 0 atom stereocenters. The first-order valence-corrected chi connectivity index (χ1v) is 8.00. The summed E-state index contributed by atoms with van der Waals surface area (Å²) in [7, 11) is 0. The maximum Gasteiger partial charge on any atom is 0.135 e. The van der Waals surface area contributed by atoms with Crippen molar-refractivity contribution in [1.29, 1.82) is 0 Å². The van der Waals surface area contributed by atoms with E-state index in [0.29, 0.717) is 6.04 Å². The van der Waals surface area contributed by atoms with E-state index in [-0.39, 0.29) is 0 Å². The van der Waals surface area contributed by atoms with Crippen LogP contribution in [0.15, 0.2) is 48.9 Å². The van der Waals surface area contributed by atoms with Crippen LogP contribution in [0, 0.1) is 0 Å². The van der Waals surface area contributed by atoms with Crippen LogP contribution >= 0.6 is 0 Å². The molecular weight excluding hydrogens is 286 g/mol. The van der Waals surface area contributed by atoms with Gasteiger partial charge in [-0.05, 0) is 36.6 Å². The number of nitrogens with one attached hydrogen (secondary N) is 2. The number of pyridine rings is 1. The van der Waals surface area contributed by atoms with Crippen LogP contribution < -0.4 is 10.6 Å². The first kappa shape index (κ1) is 12.7. The molecule has 3 aromatic rings. The van der Waals surface area contributed by atoms with Gasteiger partial charge in [0.25, 0.3) is 0 Å². The quantitative estimate of drug-likeness (QED) is 0.752. The SMILES string of the molecule is c1cnc2c(c1)CNc1cc(-c3cnn(C4CC4)c3)ccc1N2. The lowest BCUT2D eigenvalue weighted by Gasteiger charge is -2.10. The number of nitrogens with zero attached hydrogens (tertiary/aromatic N) is 3. The summed E-state index contributed by atoms with van der Waals surface area (Å²) >= 11 is 0. The zero-order valence-corrected chi connectivity index (χ0v) is 12.7. The van der Waals surface area contributed by atoms with Crippen LogP contribution in [0.1, 0.15) is 24.4 Å². The molecule has 1 aliphatic heterocycles. The molecule has 0 radical (unpaired) electrons. The first-order valence-electron chi connectivity index (χ1n) is 8.00. The highest BCUT2D eigenvalue weighted by Crippen LogP contribution is 2.37. The minimum Gasteiger partial charge on any atom is -0.379 e. The molecule has 5 rings (SSSR count). The summed E-state index contributed by atoms with van der Waals surface area (Å²) in [5.74, 6) is 0.924. The van der Waals surface area contributed by atoms with E-state index in [9.17, 15) is 0 Å². The van der Waals surface area contributed by atoms with Crippen LogP contribution in [-0.4, -0.2) is 14.8 Å². The lowest BCUT2D eigenvalue weighted by molar-refractivity contribution is 0.642. The zero-order chi connectivity index (χ0) is 15.2. The fourth-order valence-electron chi connectivity index (χ4n) is 3.02. The van der Waals surface area contributed by atoms with Gasteiger partial charge in [-0.1, -0.05) is 12.1 Å². The molecule has 2 aromatic heterocycles. The summed E-state index contributed by atoms with van der Waals surface area (Å²) in [6.45, 7) is 0.772. The van der Waals surface area contributed by atoms with Crippen LogP contribution in [0.2, 0.25) is 0 Å². The number of anilines is 3. The number of fused-ring (bicyclic) bond motifs is 2. The normalized spacial score (nSPS) is 15.8. The minimum absolute atomic E-state index is 0.616. The molecule has 114 valence electrons. The number of hydrogen-bond donors (Lipinski definition) is 2. The third-order valence-corrected chi connectivity index (χ3v) is 4.49. The van der Waals surface area contributed by atoms with Crippen molar-refractivity contribution in [2.75, 3.05) is 10.6 Å². The molecule has 1 fully saturated rings. The Kier molecular flexibility index (Phi) is 2.67. The highest BCUT2D eigenvalue weighted by atomic mass is 15.3. The fraction of sp³-hybridized carbons (Fsp3) is 0.222. The van der Waals surface area contributed by atoms with Crippen LogP contribution in [-0.2, 0) is 6.54 Å². The fourth-order valence-corrected chi connectivity index (χ4v) is 3.02. The van der Waals surface area contributed by atoms with Gasteiger partial charge in [0.15, 0.2) is 0 Å². The molecule has 0 amide bonds. The second-order valence-electron chi connectivity index (χ2n) is 6.19. The third-order valence-electron chi connectivity index (χ3n) is 4.49. The van der Waals surface area contributed by atoms with Gasteiger partial charge in [-0.2, -0.15) is 5.10 Å². The Hall–Kier alpha value is -2.82. The average Bonchev–Trinajstić information content (AvgIpc) is 3.35. The summed E-state index contributed by atoms with van der Waals surface area (Å²) in [4.78, 5) is 4.42. The Labute approximate surface area is 134 Å². The molecule has 3 heterocycles. The maximum absolute atomic E-state index is 4.49. The van der Waals surface area contributed by atoms with E-state index in [1.165, 1.54) is 29.5 Å². The van der Waals surface area contributed by atoms with E-state index in [1.54, 1.807) is 0 Å². The summed E-state index contributed by atoms with van der Waals surface area (Å²) in [6.07, 6.45) is 8.43. The first-order chi connectivity index (χ1) is 11.4. The van der Waals surface area contributed by atoms with Crippen LogP contribution in [0.4, 0.5) is 17.2 Å². The second kappa shape index (κ2) is 4.84. The van der Waals surface area contributed by atoms with E-state index in [2.05, 4.69) is 55.9 Å². The topological polar surface area (TPSA) is 54.8 Å². The molecule has 1 aromatic carbocycles. The van der Waals surface area contributed by atoms with Crippen molar-refractivity contribution in [1.82, 2.24) is 14.8 Å². The van der Waals surface area contributed by atoms with Gasteiger partial charge < -0.3 is 10.6 Å². The highest BCUT2D eigenvalue weighted by molar-refractivity contribution is 5.81. The number of aromatic nitrogens is 3. The van der Waals surface area contributed by atoms with Gasteiger partial charge in [-0.3, -0.25) is 4.68 Å². The summed E-state index contributed by atoms with van der Waals surface area (Å²) in [5, 5.41) is 11.4. The molecule has 1 aliphatic carbocycles. The molecule has 1 saturated carbocycles. The summed E-state index contributed by atoms with van der Waals surface area (Å²) in [5.41, 5.74) is 5.68. The van der Waals surface area contributed by atoms with E-state index in [0.717, 1.165) is 23.7 Å². The van der Waals surface area contributed by atoms with Crippen molar-refractivity contribution < 1.29 is 0 Å². The highest BCUT2D eigenvalue weighted by Gasteiger charge is 2.24. The van der Waals surface area contributed by atoms with Crippen LogP contribution in [0.5, 0.6) is 0 Å². The molecule has 0 bridgehead atoms. The molecule has 2 N–H and O–H groups in total. The third kappa shape index (κ3) is 2.25. The monoisotopic (exact) mass is 303 g/mol. The minimum atomic E-state index is 0.616. The van der Waals surface area contributed by atoms with Gasteiger partial charge >= 0.3 is 0 Å². The standard InChI is InChI=1S/C18H17N5/c1-2-13-9-20-17-8-12(3-6-16(17)22-18(13)19-7-1)14-10-21-23(11-14)15-4-5-15/h1-3,6-8,10-11,15,20H,4-5,9H2,(H,19,22). The van der Waals surface area contributed by atoms with Gasteiger partial charge in [-0.15, -0.1) is 0 Å². The van der Waals surface area contributed by atoms with Crippen LogP contribution in [0.25, 0.3) is 11.1 Å². The van der Waals surface area contributed by atoms with Gasteiger partial charge in [0.1, 0.15) is 5.82 Å². The van der Waals surface area contributed by atoms with Gasteiger partial charge in [-0.25, -0.2) is 4.98 Å². The Morgan fingerprint density at radius 3 is 2.96 bits per heavy atom. The molecule has 23 heavy (non-hydrogen) atoms. The number of benzene rings is 1. The van der Waals surface area contributed by atoms with Crippen molar-refractivity contribution in [3.8, 4) is 11.1 Å².